The molecule has 0 bridgehead atoms. The molecule has 0 aliphatic carbocycles. The van der Waals surface area contributed by atoms with Crippen molar-refractivity contribution in [3.63, 3.8) is 0 Å². The van der Waals surface area contributed by atoms with Gasteiger partial charge in [-0.1, -0.05) is 0 Å². The van der Waals surface area contributed by atoms with Crippen LogP contribution in [0.2, 0.25) is 0 Å². The standard InChI is InChI=1S/C7H13NO2/c1-6(8-5-9)7-3-2-4-10-7/h5-7H,2-4H2,1H3,(H,8,9). The minimum Gasteiger partial charge on any atom is -0.376 e. The van der Waals surface area contributed by atoms with Gasteiger partial charge in [-0.25, -0.2) is 0 Å². The first kappa shape index (κ1) is 7.54. The summed E-state index contributed by atoms with van der Waals surface area (Å²) in [5.41, 5.74) is 0. The second-order valence-electron chi connectivity index (χ2n) is 2.62. The number of carbonyl (C=O) groups excluding carboxylic acids is 1. The highest BCUT2D eigenvalue weighted by Crippen LogP contribution is 2.14. The van der Waals surface area contributed by atoms with Gasteiger partial charge in [0.25, 0.3) is 0 Å². The average Bonchev–Trinajstić information content (AvgIpc) is 2.38. The number of ether oxygens (including phenoxy) is 1. The monoisotopic (exact) mass is 143 g/mol. The fourth-order valence-corrected chi connectivity index (χ4v) is 1.21. The minimum atomic E-state index is 0.167. The summed E-state index contributed by atoms with van der Waals surface area (Å²) < 4.78 is 5.35. The molecule has 10 heavy (non-hydrogen) atoms. The van der Waals surface area contributed by atoms with Gasteiger partial charge in [0, 0.05) is 6.61 Å². The molecule has 1 rings (SSSR count). The second kappa shape index (κ2) is 3.56. The molecule has 1 aliphatic heterocycles. The van der Waals surface area contributed by atoms with E-state index < -0.39 is 0 Å². The molecule has 58 valence electrons. The van der Waals surface area contributed by atoms with Crippen molar-refractivity contribution in [1.82, 2.24) is 5.32 Å². The van der Waals surface area contributed by atoms with Gasteiger partial charge in [0.15, 0.2) is 0 Å². The number of carbonyl (C=O) groups is 1. The molecule has 1 N–H and O–H groups in total. The summed E-state index contributed by atoms with van der Waals surface area (Å²) in [6.07, 6.45) is 3.16. The lowest BCUT2D eigenvalue weighted by molar-refractivity contribution is -0.110. The molecular weight excluding hydrogens is 130 g/mol. The molecule has 0 spiro atoms. The van der Waals surface area contributed by atoms with Crippen LogP contribution >= 0.6 is 0 Å². The van der Waals surface area contributed by atoms with Crippen molar-refractivity contribution in [3.05, 3.63) is 0 Å². The van der Waals surface area contributed by atoms with Crippen LogP contribution in [-0.2, 0) is 9.53 Å². The number of hydrogen-bond acceptors (Lipinski definition) is 2. The molecule has 0 aromatic heterocycles. The SMILES string of the molecule is CC(NC=O)C1CCCO1. The van der Waals surface area contributed by atoms with Crippen LogP contribution in [0.25, 0.3) is 0 Å². The molecule has 1 aliphatic rings. The first-order chi connectivity index (χ1) is 4.84. The molecular formula is C7H13NO2. The third-order valence-corrected chi connectivity index (χ3v) is 1.85. The van der Waals surface area contributed by atoms with E-state index in [1.165, 1.54) is 0 Å². The maximum atomic E-state index is 10.0. The summed E-state index contributed by atoms with van der Waals surface area (Å²) in [5.74, 6) is 0. The highest BCUT2D eigenvalue weighted by atomic mass is 16.5. The predicted octanol–water partition coefficient (Wildman–Crippen LogP) is 0.300. The molecule has 0 aromatic carbocycles. The van der Waals surface area contributed by atoms with Crippen molar-refractivity contribution >= 4 is 6.41 Å². The van der Waals surface area contributed by atoms with Gasteiger partial charge < -0.3 is 10.1 Å². The fourth-order valence-electron chi connectivity index (χ4n) is 1.21. The van der Waals surface area contributed by atoms with Crippen LogP contribution in [0.4, 0.5) is 0 Å². The van der Waals surface area contributed by atoms with Gasteiger partial charge in [-0.05, 0) is 19.8 Å². The van der Waals surface area contributed by atoms with E-state index in [1.54, 1.807) is 0 Å². The normalized spacial score (nSPS) is 27.9. The quantitative estimate of drug-likeness (QED) is 0.577. The first-order valence-corrected chi connectivity index (χ1v) is 3.66. The lowest BCUT2D eigenvalue weighted by atomic mass is 10.1. The van der Waals surface area contributed by atoms with E-state index in [1.807, 2.05) is 6.92 Å². The van der Waals surface area contributed by atoms with Gasteiger partial charge in [-0.15, -0.1) is 0 Å². The van der Waals surface area contributed by atoms with Gasteiger partial charge in [-0.2, -0.15) is 0 Å². The van der Waals surface area contributed by atoms with E-state index in [2.05, 4.69) is 5.32 Å². The second-order valence-corrected chi connectivity index (χ2v) is 2.62. The van der Waals surface area contributed by atoms with Crippen molar-refractivity contribution in [1.29, 1.82) is 0 Å². The molecule has 0 aromatic rings. The molecule has 1 saturated heterocycles. The lowest BCUT2D eigenvalue weighted by Crippen LogP contribution is -2.35. The summed E-state index contributed by atoms with van der Waals surface area (Å²) >= 11 is 0. The number of nitrogens with one attached hydrogen (secondary N) is 1. The topological polar surface area (TPSA) is 38.3 Å². The molecule has 3 heteroatoms. The Morgan fingerprint density at radius 1 is 1.80 bits per heavy atom. The average molecular weight is 143 g/mol. The minimum absolute atomic E-state index is 0.167. The van der Waals surface area contributed by atoms with Crippen molar-refractivity contribution in [2.75, 3.05) is 6.61 Å². The van der Waals surface area contributed by atoms with Crippen LogP contribution in [0.15, 0.2) is 0 Å². The predicted molar refractivity (Wildman–Crippen MR) is 37.6 cm³/mol. The Morgan fingerprint density at radius 3 is 3.10 bits per heavy atom. The number of rotatable bonds is 3. The Hall–Kier alpha value is -0.570. The van der Waals surface area contributed by atoms with Crippen LogP contribution in [0.1, 0.15) is 19.8 Å². The Bertz CT molecular complexity index is 110. The van der Waals surface area contributed by atoms with Crippen LogP contribution in [0.3, 0.4) is 0 Å². The van der Waals surface area contributed by atoms with E-state index in [9.17, 15) is 4.79 Å². The van der Waals surface area contributed by atoms with Gasteiger partial charge in [0.05, 0.1) is 12.1 Å². The largest absolute Gasteiger partial charge is 0.376 e. The van der Waals surface area contributed by atoms with E-state index >= 15 is 0 Å². The van der Waals surface area contributed by atoms with Crippen molar-refractivity contribution in [3.8, 4) is 0 Å². The Labute approximate surface area is 60.7 Å². The van der Waals surface area contributed by atoms with Gasteiger partial charge in [-0.3, -0.25) is 4.79 Å². The summed E-state index contributed by atoms with van der Waals surface area (Å²) in [5, 5.41) is 2.68. The summed E-state index contributed by atoms with van der Waals surface area (Å²) in [4.78, 5) is 10.0. The molecule has 1 amide bonds. The molecule has 2 atom stereocenters. The molecule has 3 nitrogen and oxygen atoms in total. The zero-order chi connectivity index (χ0) is 7.40. The third kappa shape index (κ3) is 1.70. The Morgan fingerprint density at radius 2 is 2.60 bits per heavy atom. The van der Waals surface area contributed by atoms with Gasteiger partial charge in [0.2, 0.25) is 6.41 Å². The molecule has 1 fully saturated rings. The maximum Gasteiger partial charge on any atom is 0.207 e. The zero-order valence-corrected chi connectivity index (χ0v) is 6.17. The summed E-state index contributed by atoms with van der Waals surface area (Å²) in [6, 6.07) is 0.167. The molecule has 0 saturated carbocycles. The Kier molecular flexibility index (Phi) is 2.68. The molecule has 0 radical (unpaired) electrons. The smallest absolute Gasteiger partial charge is 0.207 e. The van der Waals surface area contributed by atoms with Crippen LogP contribution < -0.4 is 5.32 Å². The van der Waals surface area contributed by atoms with Crippen molar-refractivity contribution in [2.24, 2.45) is 0 Å². The van der Waals surface area contributed by atoms with Gasteiger partial charge >= 0.3 is 0 Å². The maximum absolute atomic E-state index is 10.0. The number of hydrogen-bond donors (Lipinski definition) is 1. The molecule has 1 heterocycles. The molecule has 2 unspecified atom stereocenters. The van der Waals surface area contributed by atoms with E-state index in [0.29, 0.717) is 0 Å². The first-order valence-electron chi connectivity index (χ1n) is 3.66. The Balaban J connectivity index is 2.24. The van der Waals surface area contributed by atoms with Crippen molar-refractivity contribution < 1.29 is 9.53 Å². The fraction of sp³-hybridized carbons (Fsp3) is 0.857. The van der Waals surface area contributed by atoms with E-state index in [4.69, 9.17) is 4.74 Å². The van der Waals surface area contributed by atoms with Crippen LogP contribution in [0.5, 0.6) is 0 Å². The van der Waals surface area contributed by atoms with Crippen molar-refractivity contribution in [2.45, 2.75) is 31.9 Å². The van der Waals surface area contributed by atoms with E-state index in [-0.39, 0.29) is 12.1 Å². The summed E-state index contributed by atoms with van der Waals surface area (Å²) in [7, 11) is 0. The van der Waals surface area contributed by atoms with Crippen LogP contribution in [-0.4, -0.2) is 25.2 Å². The third-order valence-electron chi connectivity index (χ3n) is 1.85. The summed E-state index contributed by atoms with van der Waals surface area (Å²) in [6.45, 7) is 2.81. The number of amides is 1. The van der Waals surface area contributed by atoms with Crippen LogP contribution in [0, 0.1) is 0 Å². The van der Waals surface area contributed by atoms with E-state index in [0.717, 1.165) is 25.9 Å². The van der Waals surface area contributed by atoms with Gasteiger partial charge in [0.1, 0.15) is 0 Å². The lowest BCUT2D eigenvalue weighted by Gasteiger charge is -2.16. The zero-order valence-electron chi connectivity index (χ0n) is 6.17. The highest BCUT2D eigenvalue weighted by Gasteiger charge is 2.21. The highest BCUT2D eigenvalue weighted by molar-refractivity contribution is 5.46.